The minimum Gasteiger partial charge on any atom is -0.340 e. The summed E-state index contributed by atoms with van der Waals surface area (Å²) in [4.78, 5) is 27.4. The molecule has 0 bridgehead atoms. The van der Waals surface area contributed by atoms with Crippen LogP contribution in [0.2, 0.25) is 0 Å². The van der Waals surface area contributed by atoms with Crippen molar-refractivity contribution in [1.29, 1.82) is 0 Å². The molecule has 2 unspecified atom stereocenters. The van der Waals surface area contributed by atoms with Crippen LogP contribution in [0.15, 0.2) is 0 Å². The smallest absolute Gasteiger partial charge is 0.248 e. The molecular weight excluding hydrogens is 264 g/mol. The first kappa shape index (κ1) is 16.3. The Bertz CT molecular complexity index is 429. The van der Waals surface area contributed by atoms with Crippen molar-refractivity contribution in [1.82, 2.24) is 10.2 Å². The molecule has 0 aromatic rings. The van der Waals surface area contributed by atoms with E-state index in [0.29, 0.717) is 6.42 Å². The average molecular weight is 294 g/mol. The fourth-order valence-electron chi connectivity index (χ4n) is 3.61. The van der Waals surface area contributed by atoms with Crippen molar-refractivity contribution in [3.8, 4) is 0 Å². The van der Waals surface area contributed by atoms with Gasteiger partial charge in [0.1, 0.15) is 11.6 Å². The maximum absolute atomic E-state index is 13.0. The number of hydrogen-bond acceptors (Lipinski definition) is 2. The SMILES string of the molecule is CCCC1(CN2C(=O)C(C)(CC)NC(=O)C2C(C)C)CC1. The number of nitrogens with one attached hydrogen (secondary N) is 1. The zero-order chi connectivity index (χ0) is 15.8. The Labute approximate surface area is 128 Å². The minimum atomic E-state index is -0.731. The molecule has 120 valence electrons. The number of carbonyl (C=O) groups excluding carboxylic acids is 2. The van der Waals surface area contributed by atoms with Crippen LogP contribution in [0.3, 0.4) is 0 Å². The highest BCUT2D eigenvalue weighted by Gasteiger charge is 2.52. The van der Waals surface area contributed by atoms with Gasteiger partial charge in [0, 0.05) is 6.54 Å². The van der Waals surface area contributed by atoms with Crippen LogP contribution in [0.4, 0.5) is 0 Å². The monoisotopic (exact) mass is 294 g/mol. The third-order valence-corrected chi connectivity index (χ3v) is 5.32. The summed E-state index contributed by atoms with van der Waals surface area (Å²) in [5, 5.41) is 2.96. The molecule has 1 aliphatic heterocycles. The predicted octanol–water partition coefficient (Wildman–Crippen LogP) is 2.72. The lowest BCUT2D eigenvalue weighted by atomic mass is 9.86. The van der Waals surface area contributed by atoms with Gasteiger partial charge in [0.15, 0.2) is 0 Å². The Hall–Kier alpha value is -1.06. The van der Waals surface area contributed by atoms with Gasteiger partial charge in [0.25, 0.3) is 0 Å². The van der Waals surface area contributed by atoms with E-state index in [1.54, 1.807) is 0 Å². The van der Waals surface area contributed by atoms with Gasteiger partial charge in [-0.25, -0.2) is 0 Å². The van der Waals surface area contributed by atoms with E-state index in [4.69, 9.17) is 0 Å². The molecule has 2 aliphatic rings. The lowest BCUT2D eigenvalue weighted by Gasteiger charge is -2.46. The largest absolute Gasteiger partial charge is 0.340 e. The van der Waals surface area contributed by atoms with Crippen molar-refractivity contribution in [3.63, 3.8) is 0 Å². The quantitative estimate of drug-likeness (QED) is 0.819. The van der Waals surface area contributed by atoms with Crippen molar-refractivity contribution in [2.45, 2.75) is 78.3 Å². The number of piperazine rings is 1. The molecule has 0 radical (unpaired) electrons. The first-order valence-corrected chi connectivity index (χ1v) is 8.41. The zero-order valence-corrected chi connectivity index (χ0v) is 14.2. The van der Waals surface area contributed by atoms with Crippen LogP contribution in [0, 0.1) is 11.3 Å². The minimum absolute atomic E-state index is 0.0150. The Kier molecular flexibility index (Phi) is 4.36. The van der Waals surface area contributed by atoms with Crippen LogP contribution in [-0.4, -0.2) is 34.8 Å². The van der Waals surface area contributed by atoms with Crippen molar-refractivity contribution >= 4 is 11.8 Å². The molecule has 1 N–H and O–H groups in total. The van der Waals surface area contributed by atoms with E-state index in [0.717, 1.165) is 19.4 Å². The summed E-state index contributed by atoms with van der Waals surface area (Å²) in [6.45, 7) is 10.8. The van der Waals surface area contributed by atoms with Gasteiger partial charge in [-0.1, -0.05) is 34.1 Å². The van der Waals surface area contributed by atoms with E-state index < -0.39 is 5.54 Å². The van der Waals surface area contributed by atoms with Gasteiger partial charge in [-0.3, -0.25) is 9.59 Å². The van der Waals surface area contributed by atoms with Gasteiger partial charge in [0.2, 0.25) is 11.8 Å². The summed E-state index contributed by atoms with van der Waals surface area (Å²) in [5.41, 5.74) is -0.450. The third kappa shape index (κ3) is 2.95. The van der Waals surface area contributed by atoms with Crippen molar-refractivity contribution < 1.29 is 9.59 Å². The molecule has 1 saturated heterocycles. The number of amides is 2. The maximum Gasteiger partial charge on any atom is 0.248 e. The Morgan fingerprint density at radius 2 is 1.90 bits per heavy atom. The van der Waals surface area contributed by atoms with E-state index >= 15 is 0 Å². The van der Waals surface area contributed by atoms with E-state index in [-0.39, 0.29) is 29.2 Å². The second kappa shape index (κ2) is 5.62. The molecule has 1 heterocycles. The van der Waals surface area contributed by atoms with E-state index in [1.165, 1.54) is 12.8 Å². The van der Waals surface area contributed by atoms with E-state index in [2.05, 4.69) is 12.2 Å². The second-order valence-electron chi connectivity index (χ2n) is 7.55. The van der Waals surface area contributed by atoms with Crippen LogP contribution in [0.25, 0.3) is 0 Å². The molecular formula is C17H30N2O2. The highest BCUT2D eigenvalue weighted by atomic mass is 16.2. The number of carbonyl (C=O) groups is 2. The Morgan fingerprint density at radius 1 is 1.29 bits per heavy atom. The third-order valence-electron chi connectivity index (χ3n) is 5.32. The first-order chi connectivity index (χ1) is 9.78. The molecule has 1 saturated carbocycles. The molecule has 2 atom stereocenters. The molecule has 2 rings (SSSR count). The highest BCUT2D eigenvalue weighted by molar-refractivity contribution is 5.99. The molecule has 2 fully saturated rings. The molecule has 0 aromatic heterocycles. The zero-order valence-electron chi connectivity index (χ0n) is 14.2. The molecule has 0 aromatic carbocycles. The Balaban J connectivity index is 2.27. The topological polar surface area (TPSA) is 49.4 Å². The highest BCUT2D eigenvalue weighted by Crippen LogP contribution is 2.51. The van der Waals surface area contributed by atoms with Crippen LogP contribution in [0.1, 0.15) is 66.7 Å². The molecule has 4 nitrogen and oxygen atoms in total. The van der Waals surface area contributed by atoms with Crippen molar-refractivity contribution in [2.24, 2.45) is 11.3 Å². The molecule has 2 amide bonds. The summed E-state index contributed by atoms with van der Waals surface area (Å²) < 4.78 is 0. The number of hydrogen-bond donors (Lipinski definition) is 1. The van der Waals surface area contributed by atoms with Crippen LogP contribution in [0.5, 0.6) is 0 Å². The standard InChI is InChI=1S/C17H30N2O2/c1-6-8-17(9-10-17)11-19-13(12(3)4)14(20)18-16(5,7-2)15(19)21/h12-13H,6-11H2,1-5H3,(H,18,20). The van der Waals surface area contributed by atoms with Gasteiger partial charge in [-0.05, 0) is 43.9 Å². The van der Waals surface area contributed by atoms with Crippen molar-refractivity contribution in [3.05, 3.63) is 0 Å². The lowest BCUT2D eigenvalue weighted by Crippen LogP contribution is -2.70. The maximum atomic E-state index is 13.0. The molecule has 1 aliphatic carbocycles. The predicted molar refractivity (Wildman–Crippen MR) is 83.8 cm³/mol. The second-order valence-corrected chi connectivity index (χ2v) is 7.55. The number of rotatable bonds is 6. The van der Waals surface area contributed by atoms with E-state index in [9.17, 15) is 9.59 Å². The lowest BCUT2D eigenvalue weighted by molar-refractivity contribution is -0.157. The number of nitrogens with zero attached hydrogens (tertiary/aromatic N) is 1. The van der Waals surface area contributed by atoms with Gasteiger partial charge in [-0.15, -0.1) is 0 Å². The van der Waals surface area contributed by atoms with Gasteiger partial charge >= 0.3 is 0 Å². The average Bonchev–Trinajstić information content (AvgIpc) is 3.15. The summed E-state index contributed by atoms with van der Waals surface area (Å²) in [5.74, 6) is 0.264. The summed E-state index contributed by atoms with van der Waals surface area (Å²) in [6, 6.07) is -0.313. The fourth-order valence-corrected chi connectivity index (χ4v) is 3.61. The Morgan fingerprint density at radius 3 is 2.33 bits per heavy atom. The summed E-state index contributed by atoms with van der Waals surface area (Å²) >= 11 is 0. The van der Waals surface area contributed by atoms with Crippen LogP contribution in [-0.2, 0) is 9.59 Å². The van der Waals surface area contributed by atoms with Gasteiger partial charge in [-0.2, -0.15) is 0 Å². The molecule has 0 spiro atoms. The van der Waals surface area contributed by atoms with Gasteiger partial charge < -0.3 is 10.2 Å². The first-order valence-electron chi connectivity index (χ1n) is 8.41. The normalized spacial score (nSPS) is 31.5. The van der Waals surface area contributed by atoms with Crippen LogP contribution < -0.4 is 5.32 Å². The fraction of sp³-hybridized carbons (Fsp3) is 0.882. The molecule has 4 heteroatoms. The van der Waals surface area contributed by atoms with Crippen molar-refractivity contribution in [2.75, 3.05) is 6.54 Å². The molecule has 21 heavy (non-hydrogen) atoms. The summed E-state index contributed by atoms with van der Waals surface area (Å²) in [6.07, 6.45) is 5.33. The summed E-state index contributed by atoms with van der Waals surface area (Å²) in [7, 11) is 0. The van der Waals surface area contributed by atoms with E-state index in [1.807, 2.05) is 32.6 Å². The van der Waals surface area contributed by atoms with Crippen LogP contribution >= 0.6 is 0 Å². The van der Waals surface area contributed by atoms with Gasteiger partial charge in [0.05, 0.1) is 0 Å².